The number of hydrogen-bond acceptors (Lipinski definition) is 8. The van der Waals surface area contributed by atoms with Crippen molar-refractivity contribution >= 4 is 11.9 Å². The van der Waals surface area contributed by atoms with Crippen LogP contribution in [0.5, 0.6) is 11.5 Å². The predicted octanol–water partition coefficient (Wildman–Crippen LogP) is 4.38. The molecule has 0 aromatic heterocycles. The number of hydrogen-bond donors (Lipinski definition) is 0. The molecule has 0 atom stereocenters. The van der Waals surface area contributed by atoms with Crippen LogP contribution in [0, 0.1) is 0 Å². The van der Waals surface area contributed by atoms with Crippen LogP contribution in [0.3, 0.4) is 0 Å². The Bertz CT molecular complexity index is 1030. The number of hydroxylamine groups is 2. The first-order valence-electron chi connectivity index (χ1n) is 15.2. The zero-order valence-corrected chi connectivity index (χ0v) is 25.7. The minimum Gasteiger partial charge on any atom is -0.492 e. The molecule has 0 saturated carbocycles. The molecule has 0 N–H and O–H groups in total. The highest BCUT2D eigenvalue weighted by Gasteiger charge is 2.12. The summed E-state index contributed by atoms with van der Waals surface area (Å²) in [6, 6.07) is 15.3. The highest BCUT2D eigenvalue weighted by molar-refractivity contribution is 5.77. The van der Waals surface area contributed by atoms with E-state index >= 15 is 0 Å². The molecule has 2 aliphatic rings. The van der Waals surface area contributed by atoms with E-state index in [0.29, 0.717) is 19.4 Å². The van der Waals surface area contributed by atoms with Crippen LogP contribution in [0.2, 0.25) is 0 Å². The van der Waals surface area contributed by atoms with Crippen LogP contribution in [-0.2, 0) is 32.0 Å². The second kappa shape index (κ2) is 19.1. The minimum absolute atomic E-state index is 0.0683. The average molecular weight is 584 g/mol. The number of benzene rings is 2. The van der Waals surface area contributed by atoms with Crippen molar-refractivity contribution in [1.82, 2.24) is 14.9 Å². The van der Waals surface area contributed by atoms with Crippen molar-refractivity contribution in [3.05, 3.63) is 59.7 Å². The molecule has 2 heterocycles. The van der Waals surface area contributed by atoms with Crippen molar-refractivity contribution in [3.8, 4) is 11.5 Å². The molecule has 232 valence electrons. The van der Waals surface area contributed by atoms with Crippen molar-refractivity contribution in [3.63, 3.8) is 0 Å². The zero-order valence-electron chi connectivity index (χ0n) is 25.7. The van der Waals surface area contributed by atoms with Crippen LogP contribution in [0.15, 0.2) is 48.5 Å². The molecule has 0 bridgehead atoms. The van der Waals surface area contributed by atoms with E-state index in [0.717, 1.165) is 42.3 Å². The van der Waals surface area contributed by atoms with E-state index in [1.165, 1.54) is 84.0 Å². The Kier molecular flexibility index (Phi) is 15.2. The first-order valence-corrected chi connectivity index (χ1v) is 15.2. The number of carbonyl (C=O) groups is 2. The van der Waals surface area contributed by atoms with E-state index < -0.39 is 0 Å². The Morgan fingerprint density at radius 1 is 0.667 bits per heavy atom. The van der Waals surface area contributed by atoms with Crippen molar-refractivity contribution in [1.29, 1.82) is 0 Å². The molecule has 0 aliphatic carbocycles. The fourth-order valence-corrected chi connectivity index (χ4v) is 4.98. The predicted molar refractivity (Wildman–Crippen MR) is 164 cm³/mol. The summed E-state index contributed by atoms with van der Waals surface area (Å²) in [5, 5.41) is 1.24. The third-order valence-electron chi connectivity index (χ3n) is 7.65. The minimum atomic E-state index is -0.219. The lowest BCUT2D eigenvalue weighted by molar-refractivity contribution is -0.167. The number of amides is 1. The van der Waals surface area contributed by atoms with Gasteiger partial charge >= 0.3 is 5.97 Å². The van der Waals surface area contributed by atoms with E-state index in [2.05, 4.69) is 14.5 Å². The summed E-state index contributed by atoms with van der Waals surface area (Å²) in [6.07, 6.45) is 8.58. The van der Waals surface area contributed by atoms with Crippen molar-refractivity contribution in [2.45, 2.75) is 51.4 Å². The summed E-state index contributed by atoms with van der Waals surface area (Å²) < 4.78 is 16.2. The maximum atomic E-state index is 11.7. The Morgan fingerprint density at radius 3 is 1.50 bits per heavy atom. The number of methoxy groups -OCH3 is 1. The summed E-state index contributed by atoms with van der Waals surface area (Å²) in [5.41, 5.74) is 1.90. The Hall–Kier alpha value is -3.14. The molecule has 2 aliphatic heterocycles. The van der Waals surface area contributed by atoms with E-state index in [-0.39, 0.29) is 11.9 Å². The molecule has 9 nitrogen and oxygen atoms in total. The van der Waals surface area contributed by atoms with Gasteiger partial charge in [-0.15, -0.1) is 0 Å². The molecule has 4 rings (SSSR count). The topological polar surface area (TPSA) is 80.8 Å². The van der Waals surface area contributed by atoms with Gasteiger partial charge in [-0.25, -0.2) is 5.06 Å². The van der Waals surface area contributed by atoms with Crippen LogP contribution in [0.4, 0.5) is 0 Å². The number of carbonyl (C=O) groups excluding carboxylic acids is 2. The van der Waals surface area contributed by atoms with Gasteiger partial charge in [0.15, 0.2) is 0 Å². The van der Waals surface area contributed by atoms with Gasteiger partial charge in [0.25, 0.3) is 0 Å². The molecule has 9 heteroatoms. The monoisotopic (exact) mass is 583 g/mol. The van der Waals surface area contributed by atoms with Gasteiger partial charge in [-0.2, -0.15) is 0 Å². The van der Waals surface area contributed by atoms with E-state index in [9.17, 15) is 9.59 Å². The van der Waals surface area contributed by atoms with Crippen molar-refractivity contribution in [2.75, 3.05) is 73.7 Å². The van der Waals surface area contributed by atoms with Crippen molar-refractivity contribution in [2.24, 2.45) is 0 Å². The van der Waals surface area contributed by atoms with Crippen molar-refractivity contribution < 1.29 is 28.6 Å². The van der Waals surface area contributed by atoms with Gasteiger partial charge in [0.1, 0.15) is 24.7 Å². The van der Waals surface area contributed by atoms with Gasteiger partial charge < -0.3 is 14.2 Å². The number of piperidine rings is 2. The maximum absolute atomic E-state index is 11.7. The lowest BCUT2D eigenvalue weighted by Crippen LogP contribution is -2.33. The Balaban J connectivity index is 0.000000231. The lowest BCUT2D eigenvalue weighted by Gasteiger charge is -2.26. The number of likely N-dealkylation sites (tertiary alicyclic amines) is 2. The van der Waals surface area contributed by atoms with Gasteiger partial charge in [0.2, 0.25) is 5.91 Å². The molecular weight excluding hydrogens is 534 g/mol. The summed E-state index contributed by atoms with van der Waals surface area (Å²) in [7, 11) is 4.50. The Labute approximate surface area is 251 Å². The molecule has 2 saturated heterocycles. The fraction of sp³-hybridized carbons (Fsp3) is 0.576. The smallest absolute Gasteiger partial charge is 0.309 e. The number of rotatable bonds is 13. The lowest BCUT2D eigenvalue weighted by atomic mass is 10.1. The van der Waals surface area contributed by atoms with Gasteiger partial charge in [-0.3, -0.25) is 24.2 Å². The summed E-state index contributed by atoms with van der Waals surface area (Å²) in [6.45, 7) is 8.18. The maximum Gasteiger partial charge on any atom is 0.309 e. The fourth-order valence-electron chi connectivity index (χ4n) is 4.98. The van der Waals surface area contributed by atoms with Crippen LogP contribution in [0.1, 0.15) is 49.7 Å². The van der Waals surface area contributed by atoms with E-state index in [1.807, 2.05) is 48.5 Å². The van der Waals surface area contributed by atoms with Crippen LogP contribution in [-0.4, -0.2) is 100 Å². The number of ether oxygens (including phenoxy) is 3. The molecule has 2 aromatic carbocycles. The van der Waals surface area contributed by atoms with Gasteiger partial charge in [-0.1, -0.05) is 37.1 Å². The molecule has 42 heavy (non-hydrogen) atoms. The molecule has 0 unspecified atom stereocenters. The first kappa shape index (κ1) is 33.4. The number of esters is 1. The van der Waals surface area contributed by atoms with Crippen LogP contribution in [0.25, 0.3) is 0 Å². The first-order chi connectivity index (χ1) is 20.5. The summed E-state index contributed by atoms with van der Waals surface area (Å²) in [5.74, 6) is 1.42. The highest BCUT2D eigenvalue weighted by atomic mass is 16.7. The summed E-state index contributed by atoms with van der Waals surface area (Å²) in [4.78, 5) is 32.7. The standard InChI is InChI=1S/C17H26N2O3.C16H23NO3/c1-18(21-2)17(20)14-15-6-8-16(9-7-15)22-13-12-19-10-4-3-5-11-19;1-19-16(18)13-14-5-7-15(8-6-14)20-12-11-17-9-3-2-4-10-17/h6-9H,3-5,10-14H2,1-2H3;5-8H,2-4,9-13H2,1H3. The largest absolute Gasteiger partial charge is 0.492 e. The number of likely N-dealkylation sites (N-methyl/N-ethyl adjacent to an activating group) is 1. The number of nitrogens with zero attached hydrogens (tertiary/aromatic N) is 3. The van der Waals surface area contributed by atoms with Gasteiger partial charge in [0, 0.05) is 20.1 Å². The third-order valence-corrected chi connectivity index (χ3v) is 7.65. The second-order valence-corrected chi connectivity index (χ2v) is 10.8. The van der Waals surface area contributed by atoms with E-state index in [1.54, 1.807) is 7.05 Å². The normalized spacial score (nSPS) is 15.7. The molecule has 2 fully saturated rings. The van der Waals surface area contributed by atoms with E-state index in [4.69, 9.17) is 14.3 Å². The van der Waals surface area contributed by atoms with Crippen LogP contribution < -0.4 is 9.47 Å². The average Bonchev–Trinajstić information content (AvgIpc) is 3.03. The SMILES string of the molecule is COC(=O)Cc1ccc(OCCN2CCCCC2)cc1.CON(C)C(=O)Cc1ccc(OCCN2CCCCC2)cc1. The second-order valence-electron chi connectivity index (χ2n) is 10.8. The quantitative estimate of drug-likeness (QED) is 0.254. The zero-order chi connectivity index (χ0) is 30.0. The third kappa shape index (κ3) is 12.8. The Morgan fingerprint density at radius 2 is 1.10 bits per heavy atom. The molecular formula is C33H49N3O6. The highest BCUT2D eigenvalue weighted by Crippen LogP contribution is 2.15. The molecule has 1 amide bonds. The van der Waals surface area contributed by atoms with Gasteiger partial charge in [0.05, 0.1) is 27.1 Å². The summed E-state index contributed by atoms with van der Waals surface area (Å²) >= 11 is 0. The molecule has 0 radical (unpaired) electrons. The molecule has 0 spiro atoms. The van der Waals surface area contributed by atoms with Gasteiger partial charge in [-0.05, 0) is 87.3 Å². The molecule has 2 aromatic rings. The van der Waals surface area contributed by atoms with Crippen LogP contribution >= 0.6 is 0 Å².